The molecule has 2 aromatic rings. The van der Waals surface area contributed by atoms with Gasteiger partial charge in [0, 0.05) is 43.4 Å². The minimum atomic E-state index is -0.223. The number of amides is 2. The predicted octanol–water partition coefficient (Wildman–Crippen LogP) is 3.25. The standard InChI is InChI=1S/C17H22N4O/c1-3-21(4-2)16-9-7-15(8-10-16)20-17(22)19-13-14-6-5-11-18-12-14/h5-12H,3-4,13H2,1-2H3,(H2,19,20,22). The molecule has 0 aliphatic heterocycles. The smallest absolute Gasteiger partial charge is 0.319 e. The van der Waals surface area contributed by atoms with Gasteiger partial charge in [0.2, 0.25) is 0 Å². The third-order valence-electron chi connectivity index (χ3n) is 3.43. The third kappa shape index (κ3) is 4.48. The van der Waals surface area contributed by atoms with E-state index in [1.54, 1.807) is 12.4 Å². The summed E-state index contributed by atoms with van der Waals surface area (Å²) >= 11 is 0. The van der Waals surface area contributed by atoms with Crippen LogP contribution in [0.15, 0.2) is 48.8 Å². The number of nitrogens with one attached hydrogen (secondary N) is 2. The zero-order chi connectivity index (χ0) is 15.8. The molecule has 1 aromatic carbocycles. The number of nitrogens with zero attached hydrogens (tertiary/aromatic N) is 2. The van der Waals surface area contributed by atoms with Crippen molar-refractivity contribution in [2.24, 2.45) is 0 Å². The van der Waals surface area contributed by atoms with Gasteiger partial charge in [0.25, 0.3) is 0 Å². The highest BCUT2D eigenvalue weighted by molar-refractivity contribution is 5.89. The summed E-state index contributed by atoms with van der Waals surface area (Å²) in [7, 11) is 0. The van der Waals surface area contributed by atoms with Gasteiger partial charge in [0.15, 0.2) is 0 Å². The first-order chi connectivity index (χ1) is 10.7. The minimum absolute atomic E-state index is 0.223. The fraction of sp³-hybridized carbons (Fsp3) is 0.294. The van der Waals surface area contributed by atoms with E-state index in [2.05, 4.69) is 34.4 Å². The molecule has 0 radical (unpaired) electrons. The maximum Gasteiger partial charge on any atom is 0.319 e. The summed E-state index contributed by atoms with van der Waals surface area (Å²) in [5.74, 6) is 0. The Kier molecular flexibility index (Phi) is 5.77. The van der Waals surface area contributed by atoms with E-state index in [1.807, 2.05) is 36.4 Å². The van der Waals surface area contributed by atoms with E-state index in [0.717, 1.165) is 30.0 Å². The van der Waals surface area contributed by atoms with Crippen LogP contribution in [0.5, 0.6) is 0 Å². The van der Waals surface area contributed by atoms with Crippen molar-refractivity contribution in [3.8, 4) is 0 Å². The molecule has 0 aliphatic rings. The summed E-state index contributed by atoms with van der Waals surface area (Å²) in [6.45, 7) is 6.64. The van der Waals surface area contributed by atoms with Gasteiger partial charge in [-0.2, -0.15) is 0 Å². The lowest BCUT2D eigenvalue weighted by molar-refractivity contribution is 0.251. The van der Waals surface area contributed by atoms with Crippen molar-refractivity contribution in [3.05, 3.63) is 54.4 Å². The number of aromatic nitrogens is 1. The Morgan fingerprint density at radius 2 is 1.86 bits per heavy atom. The van der Waals surface area contributed by atoms with Gasteiger partial charge in [0.1, 0.15) is 0 Å². The Balaban J connectivity index is 1.86. The molecule has 0 fully saturated rings. The summed E-state index contributed by atoms with van der Waals surface area (Å²) in [5.41, 5.74) is 2.90. The van der Waals surface area contributed by atoms with Crippen molar-refractivity contribution < 1.29 is 4.79 Å². The molecule has 116 valence electrons. The zero-order valence-electron chi connectivity index (χ0n) is 13.0. The van der Waals surface area contributed by atoms with Crippen molar-refractivity contribution in [1.29, 1.82) is 0 Å². The van der Waals surface area contributed by atoms with Crippen molar-refractivity contribution in [1.82, 2.24) is 10.3 Å². The van der Waals surface area contributed by atoms with Crippen LogP contribution in [0, 0.1) is 0 Å². The van der Waals surface area contributed by atoms with E-state index in [-0.39, 0.29) is 6.03 Å². The van der Waals surface area contributed by atoms with E-state index in [4.69, 9.17) is 0 Å². The molecular formula is C17H22N4O. The first-order valence-electron chi connectivity index (χ1n) is 7.51. The molecule has 0 atom stereocenters. The average molecular weight is 298 g/mol. The van der Waals surface area contributed by atoms with Gasteiger partial charge in [-0.05, 0) is 49.7 Å². The van der Waals surface area contributed by atoms with Crippen molar-refractivity contribution in [2.75, 3.05) is 23.3 Å². The molecule has 0 saturated heterocycles. The molecule has 22 heavy (non-hydrogen) atoms. The second-order valence-corrected chi connectivity index (χ2v) is 4.89. The highest BCUT2D eigenvalue weighted by Crippen LogP contribution is 2.17. The highest BCUT2D eigenvalue weighted by Gasteiger charge is 2.04. The number of carbonyl (C=O) groups is 1. The van der Waals surface area contributed by atoms with Gasteiger partial charge in [-0.15, -0.1) is 0 Å². The molecular weight excluding hydrogens is 276 g/mol. The fourth-order valence-electron chi connectivity index (χ4n) is 2.20. The second kappa shape index (κ2) is 8.02. The van der Waals surface area contributed by atoms with Crippen LogP contribution in [0.4, 0.5) is 16.2 Å². The number of carbonyl (C=O) groups excluding carboxylic acids is 1. The normalized spacial score (nSPS) is 10.1. The number of urea groups is 1. The number of pyridine rings is 1. The molecule has 5 heteroatoms. The number of hydrogen-bond donors (Lipinski definition) is 2. The summed E-state index contributed by atoms with van der Waals surface area (Å²) in [4.78, 5) is 18.1. The van der Waals surface area contributed by atoms with E-state index in [1.165, 1.54) is 0 Å². The van der Waals surface area contributed by atoms with Crippen LogP contribution in [-0.2, 0) is 6.54 Å². The van der Waals surface area contributed by atoms with Crippen LogP contribution < -0.4 is 15.5 Å². The number of anilines is 2. The van der Waals surface area contributed by atoms with Crippen LogP contribution in [0.2, 0.25) is 0 Å². The van der Waals surface area contributed by atoms with Crippen LogP contribution in [-0.4, -0.2) is 24.1 Å². The van der Waals surface area contributed by atoms with Gasteiger partial charge >= 0.3 is 6.03 Å². The molecule has 1 aromatic heterocycles. The van der Waals surface area contributed by atoms with E-state index in [0.29, 0.717) is 6.54 Å². The summed E-state index contributed by atoms with van der Waals surface area (Å²) in [6, 6.07) is 11.4. The molecule has 0 saturated carbocycles. The maximum atomic E-state index is 11.9. The lowest BCUT2D eigenvalue weighted by atomic mass is 10.2. The first kappa shape index (κ1) is 15.8. The monoisotopic (exact) mass is 298 g/mol. The lowest BCUT2D eigenvalue weighted by Gasteiger charge is -2.21. The Hall–Kier alpha value is -2.56. The first-order valence-corrected chi connectivity index (χ1v) is 7.51. The number of rotatable bonds is 6. The minimum Gasteiger partial charge on any atom is -0.372 e. The summed E-state index contributed by atoms with van der Waals surface area (Å²) < 4.78 is 0. The summed E-state index contributed by atoms with van der Waals surface area (Å²) in [6.07, 6.45) is 3.44. The van der Waals surface area contributed by atoms with Crippen LogP contribution in [0.3, 0.4) is 0 Å². The van der Waals surface area contributed by atoms with Gasteiger partial charge < -0.3 is 15.5 Å². The zero-order valence-corrected chi connectivity index (χ0v) is 13.0. The molecule has 1 heterocycles. The van der Waals surface area contributed by atoms with Crippen LogP contribution in [0.1, 0.15) is 19.4 Å². The Morgan fingerprint density at radius 3 is 2.45 bits per heavy atom. The maximum absolute atomic E-state index is 11.9. The van der Waals surface area contributed by atoms with Gasteiger partial charge in [0.05, 0.1) is 0 Å². The highest BCUT2D eigenvalue weighted by atomic mass is 16.2. The SMILES string of the molecule is CCN(CC)c1ccc(NC(=O)NCc2cccnc2)cc1. The molecule has 0 bridgehead atoms. The molecule has 5 nitrogen and oxygen atoms in total. The average Bonchev–Trinajstić information content (AvgIpc) is 2.56. The molecule has 0 aliphatic carbocycles. The largest absolute Gasteiger partial charge is 0.372 e. The molecule has 2 amide bonds. The lowest BCUT2D eigenvalue weighted by Crippen LogP contribution is -2.28. The Labute approximate surface area is 131 Å². The molecule has 2 N–H and O–H groups in total. The van der Waals surface area contributed by atoms with Crippen LogP contribution >= 0.6 is 0 Å². The topological polar surface area (TPSA) is 57.3 Å². The van der Waals surface area contributed by atoms with Gasteiger partial charge in [-0.25, -0.2) is 4.79 Å². The fourth-order valence-corrected chi connectivity index (χ4v) is 2.20. The van der Waals surface area contributed by atoms with E-state index in [9.17, 15) is 4.79 Å². The summed E-state index contributed by atoms with van der Waals surface area (Å²) in [5, 5.41) is 5.63. The second-order valence-electron chi connectivity index (χ2n) is 4.89. The third-order valence-corrected chi connectivity index (χ3v) is 3.43. The Bertz CT molecular complexity index is 579. The van der Waals surface area contributed by atoms with Crippen molar-refractivity contribution >= 4 is 17.4 Å². The van der Waals surface area contributed by atoms with Gasteiger partial charge in [-0.3, -0.25) is 4.98 Å². The number of hydrogen-bond acceptors (Lipinski definition) is 3. The van der Waals surface area contributed by atoms with Crippen molar-refractivity contribution in [3.63, 3.8) is 0 Å². The molecule has 2 rings (SSSR count). The number of benzene rings is 1. The Morgan fingerprint density at radius 1 is 1.14 bits per heavy atom. The molecule has 0 spiro atoms. The van der Waals surface area contributed by atoms with Crippen molar-refractivity contribution in [2.45, 2.75) is 20.4 Å². The quantitative estimate of drug-likeness (QED) is 0.860. The van der Waals surface area contributed by atoms with E-state index < -0.39 is 0 Å². The molecule has 0 unspecified atom stereocenters. The van der Waals surface area contributed by atoms with E-state index >= 15 is 0 Å². The van der Waals surface area contributed by atoms with Gasteiger partial charge in [-0.1, -0.05) is 6.07 Å². The predicted molar refractivity (Wildman–Crippen MR) is 90.1 cm³/mol. The van der Waals surface area contributed by atoms with Crippen LogP contribution in [0.25, 0.3) is 0 Å².